The lowest BCUT2D eigenvalue weighted by Gasteiger charge is -2.09. The van der Waals surface area contributed by atoms with Crippen LogP contribution in [0.3, 0.4) is 0 Å². The van der Waals surface area contributed by atoms with Crippen LogP contribution in [0, 0.1) is 5.92 Å². The quantitative estimate of drug-likeness (QED) is 0.387. The first-order chi connectivity index (χ1) is 11.0. The Balaban J connectivity index is 1.56. The van der Waals surface area contributed by atoms with Crippen molar-refractivity contribution in [3.63, 3.8) is 0 Å². The highest BCUT2D eigenvalue weighted by molar-refractivity contribution is 5.92. The second-order valence-corrected chi connectivity index (χ2v) is 5.93. The molecule has 23 heavy (non-hydrogen) atoms. The van der Waals surface area contributed by atoms with E-state index in [0.29, 0.717) is 23.3 Å². The van der Waals surface area contributed by atoms with E-state index in [1.165, 1.54) is 6.26 Å². The first kappa shape index (κ1) is 13.9. The van der Waals surface area contributed by atoms with E-state index < -0.39 is 18.2 Å². The van der Waals surface area contributed by atoms with E-state index in [2.05, 4.69) is 0 Å². The van der Waals surface area contributed by atoms with Gasteiger partial charge in [-0.2, -0.15) is 0 Å². The average Bonchev–Trinajstić information content (AvgIpc) is 3.10. The van der Waals surface area contributed by atoms with Gasteiger partial charge in [0.25, 0.3) is 6.29 Å². The van der Waals surface area contributed by atoms with Crippen LogP contribution < -0.4 is 5.73 Å². The van der Waals surface area contributed by atoms with Gasteiger partial charge in [0.1, 0.15) is 6.10 Å². The number of carbonyl (C=O) groups is 2. The molecule has 0 bridgehead atoms. The number of nitrogens with two attached hydrogens (primary N) is 1. The Labute approximate surface area is 132 Å². The number of hydrogen-bond donors (Lipinski definition) is 1. The molecule has 1 saturated heterocycles. The van der Waals surface area contributed by atoms with Crippen LogP contribution in [0.4, 0.5) is 5.69 Å². The summed E-state index contributed by atoms with van der Waals surface area (Å²) in [6, 6.07) is 5.65. The highest BCUT2D eigenvalue weighted by Gasteiger charge is 2.46. The standard InChI is InChI=1S/C17H15NO5/c1-8-4-14(22-16(8)19)21-7-13-12-5-9-2-3-10(18)6-11(9)15(12)23-17(13)20/h2-4,6-7,12,14-15H,5,18H2,1H3/b13-7-. The molecule has 0 aromatic heterocycles. The summed E-state index contributed by atoms with van der Waals surface area (Å²) in [7, 11) is 0. The lowest BCUT2D eigenvalue weighted by molar-refractivity contribution is -0.152. The van der Waals surface area contributed by atoms with Crippen molar-refractivity contribution in [1.29, 1.82) is 0 Å². The third-order valence-corrected chi connectivity index (χ3v) is 4.41. The van der Waals surface area contributed by atoms with Crippen molar-refractivity contribution in [2.24, 2.45) is 5.92 Å². The number of ether oxygens (including phenoxy) is 3. The van der Waals surface area contributed by atoms with Crippen LogP contribution in [0.25, 0.3) is 0 Å². The second-order valence-electron chi connectivity index (χ2n) is 5.93. The summed E-state index contributed by atoms with van der Waals surface area (Å²) in [5, 5.41) is 0. The molecule has 118 valence electrons. The Bertz CT molecular complexity index is 779. The number of esters is 2. The molecular formula is C17H15NO5. The number of fused-ring (bicyclic) bond motifs is 3. The number of carbonyl (C=O) groups excluding carboxylic acids is 2. The van der Waals surface area contributed by atoms with Crippen LogP contribution in [0.5, 0.6) is 0 Å². The van der Waals surface area contributed by atoms with Crippen molar-refractivity contribution in [2.45, 2.75) is 25.7 Å². The largest absolute Gasteiger partial charge is 0.458 e. The zero-order valence-electron chi connectivity index (χ0n) is 12.4. The Morgan fingerprint density at radius 3 is 2.83 bits per heavy atom. The van der Waals surface area contributed by atoms with Gasteiger partial charge in [0, 0.05) is 23.3 Å². The number of cyclic esters (lactones) is 1. The highest BCUT2D eigenvalue weighted by Crippen LogP contribution is 2.48. The second kappa shape index (κ2) is 4.87. The SMILES string of the molecule is CC1=CC(O/C=C2\C(=O)OC3c4cc(N)ccc4CC23)OC1=O. The molecule has 2 N–H and O–H groups in total. The monoisotopic (exact) mass is 313 g/mol. The van der Waals surface area contributed by atoms with Crippen LogP contribution >= 0.6 is 0 Å². The molecule has 2 aliphatic heterocycles. The van der Waals surface area contributed by atoms with Crippen molar-refractivity contribution in [3.05, 3.63) is 52.8 Å². The number of benzene rings is 1. The fraction of sp³-hybridized carbons (Fsp3) is 0.294. The minimum atomic E-state index is -0.790. The lowest BCUT2D eigenvalue weighted by atomic mass is 9.98. The van der Waals surface area contributed by atoms with Crippen molar-refractivity contribution in [2.75, 3.05) is 5.73 Å². The van der Waals surface area contributed by atoms with Crippen molar-refractivity contribution in [1.82, 2.24) is 0 Å². The molecule has 0 saturated carbocycles. The van der Waals surface area contributed by atoms with Crippen LogP contribution in [0.1, 0.15) is 24.2 Å². The molecule has 3 aliphatic rings. The van der Waals surface area contributed by atoms with E-state index >= 15 is 0 Å². The maximum atomic E-state index is 12.1. The molecule has 0 spiro atoms. The summed E-state index contributed by atoms with van der Waals surface area (Å²) < 4.78 is 15.9. The Morgan fingerprint density at radius 2 is 2.09 bits per heavy atom. The van der Waals surface area contributed by atoms with Crippen LogP contribution in [0.15, 0.2) is 41.7 Å². The Morgan fingerprint density at radius 1 is 1.26 bits per heavy atom. The molecule has 1 aromatic rings. The lowest BCUT2D eigenvalue weighted by Crippen LogP contribution is -2.11. The molecular weight excluding hydrogens is 298 g/mol. The van der Waals surface area contributed by atoms with Gasteiger partial charge in [-0.05, 0) is 36.6 Å². The van der Waals surface area contributed by atoms with Gasteiger partial charge in [-0.1, -0.05) is 6.07 Å². The summed E-state index contributed by atoms with van der Waals surface area (Å²) in [5.74, 6) is -0.913. The van der Waals surface area contributed by atoms with Crippen LogP contribution in [-0.2, 0) is 30.2 Å². The van der Waals surface area contributed by atoms with Gasteiger partial charge in [0.15, 0.2) is 0 Å². The van der Waals surface area contributed by atoms with E-state index in [-0.39, 0.29) is 12.0 Å². The molecule has 3 atom stereocenters. The van der Waals surface area contributed by atoms with Crippen LogP contribution in [-0.4, -0.2) is 18.2 Å². The fourth-order valence-electron chi connectivity index (χ4n) is 3.23. The van der Waals surface area contributed by atoms with E-state index in [0.717, 1.165) is 11.1 Å². The summed E-state index contributed by atoms with van der Waals surface area (Å²) in [5.41, 5.74) is 9.48. The van der Waals surface area contributed by atoms with E-state index in [9.17, 15) is 9.59 Å². The maximum Gasteiger partial charge on any atom is 0.338 e. The van der Waals surface area contributed by atoms with E-state index in [4.69, 9.17) is 19.9 Å². The van der Waals surface area contributed by atoms with Crippen molar-refractivity contribution >= 4 is 17.6 Å². The minimum Gasteiger partial charge on any atom is -0.458 e. The molecule has 2 heterocycles. The molecule has 0 radical (unpaired) electrons. The van der Waals surface area contributed by atoms with Gasteiger partial charge >= 0.3 is 11.9 Å². The molecule has 1 aromatic carbocycles. The normalized spacial score (nSPS) is 29.9. The predicted octanol–water partition coefficient (Wildman–Crippen LogP) is 1.77. The van der Waals surface area contributed by atoms with Gasteiger partial charge < -0.3 is 19.9 Å². The first-order valence-electron chi connectivity index (χ1n) is 7.37. The smallest absolute Gasteiger partial charge is 0.338 e. The number of anilines is 1. The topological polar surface area (TPSA) is 87.8 Å². The molecule has 3 unspecified atom stereocenters. The summed E-state index contributed by atoms with van der Waals surface area (Å²) in [4.78, 5) is 23.4. The third kappa shape index (κ3) is 2.18. The average molecular weight is 313 g/mol. The molecule has 1 aliphatic carbocycles. The van der Waals surface area contributed by atoms with Gasteiger partial charge in [-0.25, -0.2) is 9.59 Å². The predicted molar refractivity (Wildman–Crippen MR) is 79.7 cm³/mol. The first-order valence-corrected chi connectivity index (χ1v) is 7.37. The maximum absolute atomic E-state index is 12.1. The highest BCUT2D eigenvalue weighted by atomic mass is 16.7. The molecule has 0 amide bonds. The fourth-order valence-corrected chi connectivity index (χ4v) is 3.23. The third-order valence-electron chi connectivity index (χ3n) is 4.41. The van der Waals surface area contributed by atoms with E-state index in [1.807, 2.05) is 18.2 Å². The number of nitrogen functional groups attached to an aromatic ring is 1. The number of hydrogen-bond acceptors (Lipinski definition) is 6. The zero-order chi connectivity index (χ0) is 16.1. The Hall–Kier alpha value is -2.76. The van der Waals surface area contributed by atoms with Gasteiger partial charge in [-0.15, -0.1) is 0 Å². The molecule has 4 rings (SSSR count). The molecule has 1 fully saturated rings. The van der Waals surface area contributed by atoms with Gasteiger partial charge in [0.2, 0.25) is 0 Å². The van der Waals surface area contributed by atoms with Crippen LogP contribution in [0.2, 0.25) is 0 Å². The number of rotatable bonds is 2. The summed E-state index contributed by atoms with van der Waals surface area (Å²) in [6.07, 6.45) is 2.51. The van der Waals surface area contributed by atoms with Gasteiger partial charge in [-0.3, -0.25) is 0 Å². The summed E-state index contributed by atoms with van der Waals surface area (Å²) in [6.45, 7) is 1.65. The van der Waals surface area contributed by atoms with Gasteiger partial charge in [0.05, 0.1) is 11.8 Å². The Kier molecular flexibility index (Phi) is 2.94. The minimum absolute atomic E-state index is 0.0959. The van der Waals surface area contributed by atoms with E-state index in [1.54, 1.807) is 13.0 Å². The summed E-state index contributed by atoms with van der Waals surface area (Å²) >= 11 is 0. The molecule has 6 nitrogen and oxygen atoms in total. The molecule has 6 heteroatoms. The zero-order valence-corrected chi connectivity index (χ0v) is 12.4. The van der Waals surface area contributed by atoms with Crippen molar-refractivity contribution < 1.29 is 23.8 Å². The van der Waals surface area contributed by atoms with Crippen molar-refractivity contribution in [3.8, 4) is 0 Å².